The van der Waals surface area contributed by atoms with Crippen LogP contribution < -0.4 is 21.1 Å². The topological polar surface area (TPSA) is 95.2 Å². The van der Waals surface area contributed by atoms with E-state index in [1.807, 2.05) is 49.4 Å². The molecular formula is C25H26N6O2. The van der Waals surface area contributed by atoms with E-state index in [0.717, 1.165) is 61.1 Å². The lowest BCUT2D eigenvalue weighted by Gasteiger charge is -2.28. The Labute approximate surface area is 191 Å². The van der Waals surface area contributed by atoms with E-state index < -0.39 is 0 Å². The first-order valence-electron chi connectivity index (χ1n) is 11.1. The van der Waals surface area contributed by atoms with Crippen LogP contribution in [0.2, 0.25) is 0 Å². The molecule has 0 bridgehead atoms. The molecule has 0 radical (unpaired) electrons. The molecule has 3 N–H and O–H groups in total. The Bertz CT molecular complexity index is 1310. The average molecular weight is 443 g/mol. The summed E-state index contributed by atoms with van der Waals surface area (Å²) in [4.78, 5) is 27.2. The molecule has 1 saturated heterocycles. The maximum atomic E-state index is 12.7. The van der Waals surface area contributed by atoms with Crippen molar-refractivity contribution in [2.45, 2.75) is 6.92 Å². The van der Waals surface area contributed by atoms with Gasteiger partial charge in [-0.15, -0.1) is 0 Å². The molecule has 1 aliphatic rings. The summed E-state index contributed by atoms with van der Waals surface area (Å²) < 4.78 is 5.44. The van der Waals surface area contributed by atoms with Gasteiger partial charge in [0.15, 0.2) is 0 Å². The Morgan fingerprint density at radius 3 is 2.64 bits per heavy atom. The fourth-order valence-corrected chi connectivity index (χ4v) is 4.01. The van der Waals surface area contributed by atoms with Crippen molar-refractivity contribution in [2.75, 3.05) is 48.4 Å². The largest absolute Gasteiger partial charge is 0.378 e. The third-order valence-electron chi connectivity index (χ3n) is 5.63. The number of H-pyrrole nitrogens is 1. The lowest BCUT2D eigenvalue weighted by atomic mass is 10.1. The van der Waals surface area contributed by atoms with E-state index in [4.69, 9.17) is 9.72 Å². The van der Waals surface area contributed by atoms with E-state index in [1.165, 1.54) is 0 Å². The van der Waals surface area contributed by atoms with Crippen LogP contribution in [0.4, 0.5) is 23.0 Å². The molecule has 4 heterocycles. The van der Waals surface area contributed by atoms with Gasteiger partial charge in [0.25, 0.3) is 5.56 Å². The van der Waals surface area contributed by atoms with Gasteiger partial charge >= 0.3 is 0 Å². The number of nitrogens with zero attached hydrogens (tertiary/aromatic N) is 3. The molecule has 8 heteroatoms. The van der Waals surface area contributed by atoms with Crippen LogP contribution in [0.25, 0.3) is 22.2 Å². The van der Waals surface area contributed by atoms with Crippen molar-refractivity contribution in [1.29, 1.82) is 0 Å². The summed E-state index contributed by atoms with van der Waals surface area (Å²) in [5.74, 6) is 1.29. The van der Waals surface area contributed by atoms with Crippen molar-refractivity contribution >= 4 is 33.8 Å². The van der Waals surface area contributed by atoms with Crippen LogP contribution in [-0.2, 0) is 4.74 Å². The maximum Gasteiger partial charge on any atom is 0.259 e. The highest BCUT2D eigenvalue weighted by atomic mass is 16.5. The molecular weight excluding hydrogens is 416 g/mol. The molecule has 168 valence electrons. The zero-order valence-corrected chi connectivity index (χ0v) is 18.5. The number of ether oxygens (including phenoxy) is 1. The van der Waals surface area contributed by atoms with Gasteiger partial charge in [-0.1, -0.05) is 6.07 Å². The Hall–Kier alpha value is -3.91. The number of aromatic amines is 1. The maximum absolute atomic E-state index is 12.7. The fraction of sp³-hybridized carbons (Fsp3) is 0.240. The molecule has 0 atom stereocenters. The lowest BCUT2D eigenvalue weighted by Crippen LogP contribution is -2.36. The molecule has 4 aromatic rings. The van der Waals surface area contributed by atoms with Crippen molar-refractivity contribution in [3.8, 4) is 11.4 Å². The van der Waals surface area contributed by atoms with Crippen molar-refractivity contribution in [1.82, 2.24) is 15.0 Å². The van der Waals surface area contributed by atoms with Gasteiger partial charge in [0, 0.05) is 37.2 Å². The first-order valence-corrected chi connectivity index (χ1v) is 11.1. The molecule has 8 nitrogen and oxygen atoms in total. The quantitative estimate of drug-likeness (QED) is 0.415. The monoisotopic (exact) mass is 442 g/mol. The molecule has 5 rings (SSSR count). The van der Waals surface area contributed by atoms with Gasteiger partial charge in [-0.3, -0.25) is 4.79 Å². The predicted molar refractivity (Wildman–Crippen MR) is 133 cm³/mol. The molecule has 0 saturated carbocycles. The van der Waals surface area contributed by atoms with Crippen LogP contribution in [0, 0.1) is 0 Å². The minimum absolute atomic E-state index is 0.187. The number of pyridine rings is 3. The number of fused-ring (bicyclic) bond motifs is 1. The van der Waals surface area contributed by atoms with Crippen LogP contribution >= 0.6 is 0 Å². The average Bonchev–Trinajstić information content (AvgIpc) is 2.85. The molecule has 1 aliphatic heterocycles. The number of aromatic nitrogens is 3. The van der Waals surface area contributed by atoms with E-state index in [9.17, 15) is 4.79 Å². The van der Waals surface area contributed by atoms with Gasteiger partial charge < -0.3 is 25.3 Å². The fourth-order valence-electron chi connectivity index (χ4n) is 4.01. The van der Waals surface area contributed by atoms with Gasteiger partial charge in [0.05, 0.1) is 30.0 Å². The highest BCUT2D eigenvalue weighted by Gasteiger charge is 2.14. The van der Waals surface area contributed by atoms with Gasteiger partial charge in [0.2, 0.25) is 0 Å². The number of rotatable bonds is 6. The molecule has 0 aliphatic carbocycles. The normalized spacial score (nSPS) is 13.8. The van der Waals surface area contributed by atoms with Crippen molar-refractivity contribution in [2.24, 2.45) is 0 Å². The molecule has 33 heavy (non-hydrogen) atoms. The van der Waals surface area contributed by atoms with Gasteiger partial charge in [-0.05, 0) is 60.8 Å². The van der Waals surface area contributed by atoms with E-state index in [1.54, 1.807) is 6.20 Å². The predicted octanol–water partition coefficient (Wildman–Crippen LogP) is 4.00. The van der Waals surface area contributed by atoms with Gasteiger partial charge in [-0.2, -0.15) is 0 Å². The number of anilines is 4. The van der Waals surface area contributed by atoms with Crippen molar-refractivity contribution < 1.29 is 4.74 Å². The smallest absolute Gasteiger partial charge is 0.259 e. The summed E-state index contributed by atoms with van der Waals surface area (Å²) in [5, 5.41) is 7.89. The third kappa shape index (κ3) is 4.51. The summed E-state index contributed by atoms with van der Waals surface area (Å²) in [6.45, 7) is 6.07. The zero-order chi connectivity index (χ0) is 22.6. The Balaban J connectivity index is 1.51. The van der Waals surface area contributed by atoms with E-state index in [2.05, 4.69) is 37.6 Å². The zero-order valence-electron chi connectivity index (χ0n) is 18.5. The number of nitrogens with one attached hydrogen (secondary N) is 3. The van der Waals surface area contributed by atoms with Crippen LogP contribution in [0.3, 0.4) is 0 Å². The number of benzene rings is 1. The van der Waals surface area contributed by atoms with Gasteiger partial charge in [0.1, 0.15) is 11.6 Å². The highest BCUT2D eigenvalue weighted by molar-refractivity contribution is 5.95. The van der Waals surface area contributed by atoms with E-state index in [0.29, 0.717) is 16.9 Å². The minimum Gasteiger partial charge on any atom is -0.378 e. The van der Waals surface area contributed by atoms with Crippen LogP contribution in [0.1, 0.15) is 6.92 Å². The first kappa shape index (κ1) is 21.0. The summed E-state index contributed by atoms with van der Waals surface area (Å²) in [5.41, 5.74) is 3.25. The summed E-state index contributed by atoms with van der Waals surface area (Å²) in [6, 6.07) is 17.7. The first-order chi connectivity index (χ1) is 16.2. The summed E-state index contributed by atoms with van der Waals surface area (Å²) in [7, 11) is 0. The Kier molecular flexibility index (Phi) is 5.91. The molecule has 0 spiro atoms. The number of hydrogen-bond acceptors (Lipinski definition) is 7. The van der Waals surface area contributed by atoms with Gasteiger partial charge in [-0.25, -0.2) is 9.97 Å². The standard InChI is InChI=1S/C25H26N6O2/c1-2-26-22-5-3-4-20(29-22)21-16-17-10-11-27-25(32)23(17)24(30-21)28-18-6-8-19(9-7-18)31-12-14-33-15-13-31/h3-11,16H,2,12-15H2,1H3,(H,26,29)(H,27,32)(H,28,30). The molecule has 3 aromatic heterocycles. The Morgan fingerprint density at radius 2 is 1.85 bits per heavy atom. The number of morpholine rings is 1. The van der Waals surface area contributed by atoms with Crippen molar-refractivity contribution in [3.05, 3.63) is 71.1 Å². The second kappa shape index (κ2) is 9.30. The molecule has 1 fully saturated rings. The van der Waals surface area contributed by atoms with Crippen molar-refractivity contribution in [3.63, 3.8) is 0 Å². The molecule has 1 aromatic carbocycles. The molecule has 0 amide bonds. The SMILES string of the molecule is CCNc1cccc(-c2cc3cc[nH]c(=O)c3c(Nc3ccc(N4CCOCC4)cc3)n2)n1. The second-order valence-electron chi connectivity index (χ2n) is 7.84. The summed E-state index contributed by atoms with van der Waals surface area (Å²) in [6.07, 6.45) is 1.65. The lowest BCUT2D eigenvalue weighted by molar-refractivity contribution is 0.122. The molecule has 0 unspecified atom stereocenters. The summed E-state index contributed by atoms with van der Waals surface area (Å²) >= 11 is 0. The second-order valence-corrected chi connectivity index (χ2v) is 7.84. The highest BCUT2D eigenvalue weighted by Crippen LogP contribution is 2.28. The van der Waals surface area contributed by atoms with Crippen LogP contribution in [-0.4, -0.2) is 47.8 Å². The third-order valence-corrected chi connectivity index (χ3v) is 5.63. The van der Waals surface area contributed by atoms with Crippen LogP contribution in [0.5, 0.6) is 0 Å². The number of hydrogen-bond donors (Lipinski definition) is 3. The van der Waals surface area contributed by atoms with E-state index in [-0.39, 0.29) is 5.56 Å². The Morgan fingerprint density at radius 1 is 1.03 bits per heavy atom. The van der Waals surface area contributed by atoms with E-state index >= 15 is 0 Å². The minimum atomic E-state index is -0.187. The van der Waals surface area contributed by atoms with Crippen LogP contribution in [0.15, 0.2) is 65.6 Å².